The number of hydrogen-bond donors (Lipinski definition) is 6. The minimum Gasteiger partial charge on any atom is -0.549 e. The van der Waals surface area contributed by atoms with Gasteiger partial charge >= 0.3 is 22.7 Å². The summed E-state index contributed by atoms with van der Waals surface area (Å²) in [6.45, 7) is 21.1. The molecular formula is C30H42N12NiO8S2. The van der Waals surface area contributed by atoms with E-state index in [-0.39, 0.29) is 40.2 Å². The van der Waals surface area contributed by atoms with Gasteiger partial charge in [0.2, 0.25) is 6.17 Å². The van der Waals surface area contributed by atoms with Gasteiger partial charge in [0.15, 0.2) is 12.2 Å². The molecule has 6 aliphatic rings. The van der Waals surface area contributed by atoms with Crippen LogP contribution in [0.25, 0.3) is 25.2 Å². The van der Waals surface area contributed by atoms with E-state index < -0.39 is 92.1 Å². The van der Waals surface area contributed by atoms with Crippen molar-refractivity contribution in [3.05, 3.63) is 44.9 Å². The summed E-state index contributed by atoms with van der Waals surface area (Å²) in [6.07, 6.45) is -0.450. The van der Waals surface area contributed by atoms with Crippen LogP contribution in [0.5, 0.6) is 0 Å². The molecule has 0 aromatic rings. The molecule has 0 spiro atoms. The topological polar surface area (TPSA) is 288 Å². The monoisotopic (exact) mass is 820 g/mol. The summed E-state index contributed by atoms with van der Waals surface area (Å²) >= 11 is 0. The van der Waals surface area contributed by atoms with Crippen LogP contribution in [0.1, 0.15) is 64.2 Å². The van der Waals surface area contributed by atoms with Gasteiger partial charge in [0.1, 0.15) is 0 Å². The summed E-state index contributed by atoms with van der Waals surface area (Å²) < 4.78 is 64.3. The smallest absolute Gasteiger partial charge is 0.549 e. The Bertz CT molecular complexity index is 1580. The first kappa shape index (κ1) is 43.0. The van der Waals surface area contributed by atoms with Crippen molar-refractivity contribution >= 4 is 20.2 Å². The molecule has 292 valence electrons. The van der Waals surface area contributed by atoms with E-state index in [1.165, 1.54) is 0 Å². The summed E-state index contributed by atoms with van der Waals surface area (Å²) in [5.41, 5.74) is 0. The first-order valence-corrected chi connectivity index (χ1v) is 20.2. The van der Waals surface area contributed by atoms with Crippen molar-refractivity contribution < 1.29 is 52.6 Å². The number of azo groups is 2. The van der Waals surface area contributed by atoms with E-state index in [0.29, 0.717) is 64.2 Å². The third kappa shape index (κ3) is 10.3. The fraction of sp³-hybridized carbons (Fsp3) is 0.867. The third-order valence-corrected chi connectivity index (χ3v) is 13.7. The van der Waals surface area contributed by atoms with E-state index in [1.54, 1.807) is 0 Å². The number of nitrogens with zero attached hydrogens (tertiary/aromatic N) is 10. The van der Waals surface area contributed by atoms with E-state index in [9.17, 15) is 36.2 Å². The van der Waals surface area contributed by atoms with Crippen LogP contribution >= 0.6 is 0 Å². The number of rotatable bonds is 6. The van der Waals surface area contributed by atoms with Crippen molar-refractivity contribution in [2.75, 3.05) is 0 Å². The van der Waals surface area contributed by atoms with Gasteiger partial charge in [-0.2, -0.15) is 42.6 Å². The molecule has 2 aliphatic heterocycles. The molecule has 53 heavy (non-hydrogen) atoms. The average Bonchev–Trinajstić information content (AvgIpc) is 3.73. The van der Waals surface area contributed by atoms with E-state index >= 15 is 0 Å². The van der Waals surface area contributed by atoms with Gasteiger partial charge < -0.3 is 30.5 Å². The molecule has 4 aliphatic carbocycles. The van der Waals surface area contributed by atoms with E-state index in [2.05, 4.69) is 56.3 Å². The molecule has 0 radical (unpaired) electrons. The summed E-state index contributed by atoms with van der Waals surface area (Å²) in [6, 6.07) is 0.287. The maximum atomic E-state index is 11.4. The Balaban J connectivity index is 0.000000232. The molecular weight excluding hydrogens is 779 g/mol. The molecule has 6 fully saturated rings. The van der Waals surface area contributed by atoms with Crippen molar-refractivity contribution in [3.8, 4) is 6.07 Å². The SMILES string of the molecule is [C-]#[N+]C1[N-]C(N=NC2C(O)CCC3CC(S(=O)(=O)O)CCC32)NC1C#N.[C-]#[N+]C1[N-]C(N=NC2C(O)CCC3CC(S(=O)(=O)O)CCC32)NC1[N+]#[C-].[Ni+2]. The fourth-order valence-corrected chi connectivity index (χ4v) is 10.3. The zero-order valence-corrected chi connectivity index (χ0v) is 31.0. The Labute approximate surface area is 318 Å². The largest absolute Gasteiger partial charge is 2.00 e. The molecule has 2 saturated heterocycles. The molecule has 0 aromatic heterocycles. The Kier molecular flexibility index (Phi) is 14.8. The predicted molar refractivity (Wildman–Crippen MR) is 181 cm³/mol. The molecule has 16 atom stereocenters. The molecule has 2 heterocycles. The molecule has 16 unspecified atom stereocenters. The molecule has 4 saturated carbocycles. The summed E-state index contributed by atoms with van der Waals surface area (Å²) in [5, 5.41) is 58.6. The molecule has 20 nitrogen and oxygen atoms in total. The molecule has 0 aromatic carbocycles. The van der Waals surface area contributed by atoms with Gasteiger partial charge in [0.25, 0.3) is 20.2 Å². The number of hydrogen-bond acceptors (Lipinski definition) is 13. The maximum absolute atomic E-state index is 11.4. The molecule has 23 heteroatoms. The van der Waals surface area contributed by atoms with Gasteiger partial charge in [0.05, 0.1) is 40.9 Å². The average molecular weight is 822 g/mol. The molecule has 0 amide bonds. The van der Waals surface area contributed by atoms with Crippen molar-refractivity contribution in [1.82, 2.24) is 10.6 Å². The predicted octanol–water partition coefficient (Wildman–Crippen LogP) is 2.42. The first-order valence-electron chi connectivity index (χ1n) is 17.2. The van der Waals surface area contributed by atoms with Gasteiger partial charge in [-0.1, -0.05) is 0 Å². The van der Waals surface area contributed by atoms with Crippen LogP contribution in [0, 0.1) is 54.7 Å². The van der Waals surface area contributed by atoms with Crippen LogP contribution in [0.2, 0.25) is 0 Å². The Hall–Kier alpha value is -2.77. The minimum absolute atomic E-state index is 0. The number of fused-ring (bicyclic) bond motifs is 2. The summed E-state index contributed by atoms with van der Waals surface area (Å²) in [4.78, 5) is 9.83. The second-order valence-corrected chi connectivity index (χ2v) is 17.5. The maximum Gasteiger partial charge on any atom is 2.00 e. The second-order valence-electron chi connectivity index (χ2n) is 14.1. The van der Waals surface area contributed by atoms with Crippen molar-refractivity contribution in [3.63, 3.8) is 0 Å². The van der Waals surface area contributed by atoms with Crippen molar-refractivity contribution in [1.29, 1.82) is 5.26 Å². The van der Waals surface area contributed by atoms with Crippen molar-refractivity contribution in [2.45, 2.75) is 136 Å². The van der Waals surface area contributed by atoms with Crippen LogP contribution in [-0.2, 0) is 36.7 Å². The van der Waals surface area contributed by atoms with Crippen LogP contribution < -0.4 is 10.6 Å². The van der Waals surface area contributed by atoms with Crippen LogP contribution in [0.4, 0.5) is 0 Å². The first-order chi connectivity index (χ1) is 24.7. The van der Waals surface area contributed by atoms with E-state index in [1.807, 2.05) is 6.07 Å². The Morgan fingerprint density at radius 2 is 1.11 bits per heavy atom. The van der Waals surface area contributed by atoms with Gasteiger partial charge in [0, 0.05) is 12.6 Å². The van der Waals surface area contributed by atoms with Crippen LogP contribution in [-0.4, -0.2) is 108 Å². The van der Waals surface area contributed by atoms with Gasteiger partial charge in [-0.05, 0) is 87.9 Å². The number of aliphatic hydroxyl groups is 2. The normalized spacial score (nSPS) is 42.7. The van der Waals surface area contributed by atoms with Crippen LogP contribution in [0.3, 0.4) is 0 Å². The van der Waals surface area contributed by atoms with E-state index in [0.717, 1.165) is 0 Å². The molecule has 6 rings (SSSR count). The zero-order valence-electron chi connectivity index (χ0n) is 28.3. The zero-order chi connectivity index (χ0) is 37.8. The van der Waals surface area contributed by atoms with Crippen LogP contribution in [0.15, 0.2) is 20.5 Å². The quantitative estimate of drug-likeness (QED) is 0.0979. The number of nitrogens with one attached hydrogen (secondary N) is 2. The summed E-state index contributed by atoms with van der Waals surface area (Å²) in [5.74, 6) is 0.100. The minimum atomic E-state index is -4.05. The standard InChI is InChI=1S/2C15H21N6O4S.Ni/c1-16-13-14(17-2)19-15(18-13)21-20-12-10-5-4-9(26(23,24)25)7-8(10)3-6-11(12)22;1-17-14-11(7-16)18-15(19-14)21-20-13-10-4-3-9(26(23,24)25)6-8(10)2-5-12(13)22;/h8-15,18,22H,3-7H2,(H,23,24,25);8-15,18,22H,2-6H2,(H,23,24,25);/q2*-1;+2. The Morgan fingerprint density at radius 3 is 1.49 bits per heavy atom. The fourth-order valence-electron chi connectivity index (χ4n) is 8.45. The number of nitriles is 1. The van der Waals surface area contributed by atoms with E-state index in [4.69, 9.17) is 25.0 Å². The molecule has 0 bridgehead atoms. The third-order valence-electron chi connectivity index (χ3n) is 11.1. The van der Waals surface area contributed by atoms with Crippen molar-refractivity contribution in [2.24, 2.45) is 44.1 Å². The van der Waals surface area contributed by atoms with Gasteiger partial charge in [-0.3, -0.25) is 19.3 Å². The van der Waals surface area contributed by atoms with Gasteiger partial charge in [-0.25, -0.2) is 25.0 Å². The molecule has 6 N–H and O–H groups in total. The second kappa shape index (κ2) is 18.2. The number of aliphatic hydroxyl groups excluding tert-OH is 2. The summed E-state index contributed by atoms with van der Waals surface area (Å²) in [7, 11) is -8.10. The van der Waals surface area contributed by atoms with Gasteiger partial charge in [-0.15, -0.1) is 0 Å². The Morgan fingerprint density at radius 1 is 0.660 bits per heavy atom.